The van der Waals surface area contributed by atoms with Crippen LogP contribution in [0.25, 0.3) is 0 Å². The highest BCUT2D eigenvalue weighted by Crippen LogP contribution is 2.43. The molecule has 2 fully saturated rings. The highest BCUT2D eigenvalue weighted by Gasteiger charge is 2.30. The molecule has 0 saturated heterocycles. The van der Waals surface area contributed by atoms with Gasteiger partial charge in [0.1, 0.15) is 23.3 Å². The molecule has 0 aromatic heterocycles. The molecule has 0 spiro atoms. The number of hydrogen-bond donors (Lipinski definition) is 0. The summed E-state index contributed by atoms with van der Waals surface area (Å²) in [6.07, 6.45) is 15.4. The van der Waals surface area contributed by atoms with Crippen molar-refractivity contribution in [2.24, 2.45) is 23.7 Å². The Kier molecular flexibility index (Phi) is 7.27. The first-order valence-corrected chi connectivity index (χ1v) is 11.0. The van der Waals surface area contributed by atoms with Gasteiger partial charge in [0.15, 0.2) is 0 Å². The zero-order valence-corrected chi connectivity index (χ0v) is 16.7. The van der Waals surface area contributed by atoms with E-state index in [4.69, 9.17) is 5.26 Å². The molecule has 0 atom stereocenters. The lowest BCUT2D eigenvalue weighted by atomic mass is 9.68. The van der Waals surface area contributed by atoms with E-state index in [2.05, 4.69) is 6.92 Å². The molecule has 0 aliphatic heterocycles. The normalized spacial score (nSPS) is 28.7. The lowest BCUT2D eigenvalue weighted by molar-refractivity contribution is 0.141. The zero-order valence-electron chi connectivity index (χ0n) is 16.7. The number of aryl methyl sites for hydroxylation is 1. The molecule has 148 valence electrons. The molecule has 0 bridgehead atoms. The topological polar surface area (TPSA) is 23.8 Å². The van der Waals surface area contributed by atoms with Gasteiger partial charge in [0.25, 0.3) is 0 Å². The average Bonchev–Trinajstić information content (AvgIpc) is 2.67. The Morgan fingerprint density at radius 1 is 0.852 bits per heavy atom. The van der Waals surface area contributed by atoms with Gasteiger partial charge in [-0.25, -0.2) is 8.78 Å². The summed E-state index contributed by atoms with van der Waals surface area (Å²) in [4.78, 5) is 0. The second kappa shape index (κ2) is 9.67. The van der Waals surface area contributed by atoms with E-state index >= 15 is 0 Å². The Morgan fingerprint density at radius 3 is 1.78 bits per heavy atom. The fourth-order valence-electron chi connectivity index (χ4n) is 5.55. The quantitative estimate of drug-likeness (QED) is 0.518. The van der Waals surface area contributed by atoms with Gasteiger partial charge in [-0.1, -0.05) is 45.4 Å². The van der Waals surface area contributed by atoms with Crippen molar-refractivity contribution in [2.75, 3.05) is 0 Å². The second-order valence-electron chi connectivity index (χ2n) is 8.94. The number of nitrogens with zero attached hydrogens (tertiary/aromatic N) is 1. The first kappa shape index (κ1) is 20.3. The molecule has 27 heavy (non-hydrogen) atoms. The Bertz CT molecular complexity index is 624. The first-order valence-electron chi connectivity index (χ1n) is 11.0. The summed E-state index contributed by atoms with van der Waals surface area (Å²) in [6, 6.07) is 4.26. The molecule has 2 saturated carbocycles. The van der Waals surface area contributed by atoms with Crippen LogP contribution in [0, 0.1) is 46.6 Å². The summed E-state index contributed by atoms with van der Waals surface area (Å²) < 4.78 is 27.5. The van der Waals surface area contributed by atoms with E-state index in [9.17, 15) is 8.78 Å². The van der Waals surface area contributed by atoms with E-state index in [0.29, 0.717) is 17.9 Å². The molecule has 0 heterocycles. The van der Waals surface area contributed by atoms with Crippen molar-refractivity contribution in [3.63, 3.8) is 0 Å². The fraction of sp³-hybridized carbons (Fsp3) is 0.708. The van der Waals surface area contributed by atoms with E-state index in [1.807, 2.05) is 0 Å². The lowest BCUT2D eigenvalue weighted by Crippen LogP contribution is -2.26. The van der Waals surface area contributed by atoms with Crippen molar-refractivity contribution in [1.29, 1.82) is 5.26 Å². The van der Waals surface area contributed by atoms with Crippen molar-refractivity contribution < 1.29 is 8.78 Å². The highest BCUT2D eigenvalue weighted by atomic mass is 19.1. The summed E-state index contributed by atoms with van der Waals surface area (Å²) >= 11 is 0. The summed E-state index contributed by atoms with van der Waals surface area (Å²) in [5.74, 6) is 2.06. The van der Waals surface area contributed by atoms with Crippen LogP contribution in [-0.2, 0) is 6.42 Å². The van der Waals surface area contributed by atoms with Crippen molar-refractivity contribution in [3.05, 3.63) is 34.9 Å². The number of hydrogen-bond acceptors (Lipinski definition) is 1. The summed E-state index contributed by atoms with van der Waals surface area (Å²) in [5.41, 5.74) is 0.216. The summed E-state index contributed by atoms with van der Waals surface area (Å²) in [5, 5.41) is 8.77. The SMILES string of the molecule is CCCC1CCC(C2CCC(CCc3cc(F)c(C#N)c(F)c3)CC2)CC1. The Labute approximate surface area is 163 Å². The predicted octanol–water partition coefficient (Wildman–Crippen LogP) is 7.18. The predicted molar refractivity (Wildman–Crippen MR) is 105 cm³/mol. The van der Waals surface area contributed by atoms with Gasteiger partial charge in [-0.15, -0.1) is 0 Å². The van der Waals surface area contributed by atoms with Gasteiger partial charge in [0, 0.05) is 0 Å². The third-order valence-corrected chi connectivity index (χ3v) is 7.20. The van der Waals surface area contributed by atoms with Gasteiger partial charge in [0.2, 0.25) is 0 Å². The molecular formula is C24H33F2N. The average molecular weight is 374 g/mol. The smallest absolute Gasteiger partial charge is 0.144 e. The van der Waals surface area contributed by atoms with Crippen LogP contribution in [0.3, 0.4) is 0 Å². The molecule has 1 nitrogen and oxygen atoms in total. The van der Waals surface area contributed by atoms with Crippen LogP contribution in [0.2, 0.25) is 0 Å². The van der Waals surface area contributed by atoms with E-state index in [1.165, 1.54) is 76.3 Å². The molecule has 0 N–H and O–H groups in total. The molecule has 3 heteroatoms. The van der Waals surface area contributed by atoms with Gasteiger partial charge in [-0.3, -0.25) is 0 Å². The van der Waals surface area contributed by atoms with Crippen LogP contribution in [-0.4, -0.2) is 0 Å². The minimum Gasteiger partial charge on any atom is -0.205 e. The van der Waals surface area contributed by atoms with Gasteiger partial charge >= 0.3 is 0 Å². The van der Waals surface area contributed by atoms with E-state index in [1.54, 1.807) is 6.07 Å². The number of benzene rings is 1. The monoisotopic (exact) mass is 373 g/mol. The Balaban J connectivity index is 1.42. The largest absolute Gasteiger partial charge is 0.205 e. The summed E-state index contributed by atoms with van der Waals surface area (Å²) in [7, 11) is 0. The molecule has 0 radical (unpaired) electrons. The molecule has 1 aromatic rings. The highest BCUT2D eigenvalue weighted by molar-refractivity contribution is 5.35. The maximum Gasteiger partial charge on any atom is 0.144 e. The molecule has 2 aliphatic carbocycles. The van der Waals surface area contributed by atoms with E-state index in [0.717, 1.165) is 24.2 Å². The van der Waals surface area contributed by atoms with Crippen molar-refractivity contribution in [1.82, 2.24) is 0 Å². The van der Waals surface area contributed by atoms with Gasteiger partial charge in [-0.05, 0) is 79.9 Å². The van der Waals surface area contributed by atoms with Crippen molar-refractivity contribution >= 4 is 0 Å². The van der Waals surface area contributed by atoms with Crippen molar-refractivity contribution in [2.45, 2.75) is 84.0 Å². The second-order valence-corrected chi connectivity index (χ2v) is 8.94. The maximum atomic E-state index is 13.7. The molecular weight excluding hydrogens is 340 g/mol. The maximum absolute atomic E-state index is 13.7. The number of rotatable bonds is 6. The van der Waals surface area contributed by atoms with Crippen LogP contribution in [0.4, 0.5) is 8.78 Å². The Morgan fingerprint density at radius 2 is 1.33 bits per heavy atom. The molecule has 1 aromatic carbocycles. The molecule has 3 rings (SSSR count). The van der Waals surface area contributed by atoms with Crippen molar-refractivity contribution in [3.8, 4) is 6.07 Å². The van der Waals surface area contributed by atoms with Crippen LogP contribution < -0.4 is 0 Å². The van der Waals surface area contributed by atoms with Gasteiger partial charge < -0.3 is 0 Å². The Hall–Kier alpha value is -1.43. The molecule has 0 unspecified atom stereocenters. The van der Waals surface area contributed by atoms with E-state index < -0.39 is 17.2 Å². The third-order valence-electron chi connectivity index (χ3n) is 7.20. The van der Waals surface area contributed by atoms with Crippen LogP contribution in [0.15, 0.2) is 12.1 Å². The number of nitriles is 1. The lowest BCUT2D eigenvalue weighted by Gasteiger charge is -2.38. The molecule has 0 amide bonds. The summed E-state index contributed by atoms with van der Waals surface area (Å²) in [6.45, 7) is 2.30. The van der Waals surface area contributed by atoms with Gasteiger partial charge in [0.05, 0.1) is 0 Å². The van der Waals surface area contributed by atoms with Crippen LogP contribution in [0.5, 0.6) is 0 Å². The third kappa shape index (κ3) is 5.31. The first-order chi connectivity index (χ1) is 13.1. The minimum atomic E-state index is -0.727. The minimum absolute atomic E-state index is 0.465. The van der Waals surface area contributed by atoms with Crippen LogP contribution >= 0.6 is 0 Å². The fourth-order valence-corrected chi connectivity index (χ4v) is 5.55. The van der Waals surface area contributed by atoms with Crippen LogP contribution in [0.1, 0.15) is 88.7 Å². The van der Waals surface area contributed by atoms with E-state index in [-0.39, 0.29) is 0 Å². The zero-order chi connectivity index (χ0) is 19.2. The van der Waals surface area contributed by atoms with Gasteiger partial charge in [-0.2, -0.15) is 5.26 Å². The standard InChI is InChI=1S/C24H33F2N/c1-2-3-17-6-10-20(11-7-17)21-12-8-18(9-13-21)4-5-19-14-23(25)22(16-27)24(26)15-19/h14-15,17-18,20-21H,2-13H2,1H3. The number of halogens is 2. The molecule has 2 aliphatic rings.